The van der Waals surface area contributed by atoms with Crippen LogP contribution < -0.4 is 5.32 Å². The Labute approximate surface area is 140 Å². The van der Waals surface area contributed by atoms with Crippen LogP contribution in [0.4, 0.5) is 16.2 Å². The molecule has 0 aliphatic rings. The fraction of sp³-hybridized carbons (Fsp3) is 0.278. The molecule has 2 rings (SSSR count). The SMILES string of the molecule is CCC(C)c1ccc(NC(=O)OCc2ccc([N+](=O)[O-])cc2)cc1. The average molecular weight is 328 g/mol. The molecule has 0 aliphatic heterocycles. The number of nitrogens with zero attached hydrogens (tertiary/aromatic N) is 1. The minimum Gasteiger partial charge on any atom is -0.444 e. The molecule has 1 atom stereocenters. The Hall–Kier alpha value is -2.89. The van der Waals surface area contributed by atoms with Gasteiger partial charge >= 0.3 is 6.09 Å². The maximum absolute atomic E-state index is 11.8. The van der Waals surface area contributed by atoms with Crippen LogP contribution in [0.1, 0.15) is 37.3 Å². The second-order valence-corrected chi connectivity index (χ2v) is 5.56. The van der Waals surface area contributed by atoms with Gasteiger partial charge in [-0.15, -0.1) is 0 Å². The number of ether oxygens (including phenoxy) is 1. The smallest absolute Gasteiger partial charge is 0.411 e. The van der Waals surface area contributed by atoms with Gasteiger partial charge in [0.25, 0.3) is 5.69 Å². The van der Waals surface area contributed by atoms with Gasteiger partial charge in [-0.3, -0.25) is 15.4 Å². The van der Waals surface area contributed by atoms with Gasteiger partial charge in [0.2, 0.25) is 0 Å². The third-order valence-corrected chi connectivity index (χ3v) is 3.86. The summed E-state index contributed by atoms with van der Waals surface area (Å²) in [5.41, 5.74) is 2.57. The second kappa shape index (κ2) is 8.10. The van der Waals surface area contributed by atoms with Crippen LogP contribution in [-0.2, 0) is 11.3 Å². The molecular weight excluding hydrogens is 308 g/mol. The number of nitrogens with one attached hydrogen (secondary N) is 1. The van der Waals surface area contributed by atoms with Crippen LogP contribution in [0.3, 0.4) is 0 Å². The largest absolute Gasteiger partial charge is 0.444 e. The van der Waals surface area contributed by atoms with E-state index in [-0.39, 0.29) is 12.3 Å². The maximum Gasteiger partial charge on any atom is 0.411 e. The van der Waals surface area contributed by atoms with E-state index in [4.69, 9.17) is 4.74 Å². The van der Waals surface area contributed by atoms with Gasteiger partial charge in [-0.05, 0) is 47.7 Å². The first kappa shape index (κ1) is 17.5. The number of nitro groups is 1. The van der Waals surface area contributed by atoms with Crippen molar-refractivity contribution in [2.24, 2.45) is 0 Å². The zero-order valence-corrected chi connectivity index (χ0v) is 13.7. The van der Waals surface area contributed by atoms with E-state index >= 15 is 0 Å². The van der Waals surface area contributed by atoms with Crippen molar-refractivity contribution in [2.75, 3.05) is 5.32 Å². The summed E-state index contributed by atoms with van der Waals surface area (Å²) in [6.07, 6.45) is 0.494. The lowest BCUT2D eigenvalue weighted by Gasteiger charge is -2.11. The number of carbonyl (C=O) groups is 1. The van der Waals surface area contributed by atoms with Crippen LogP contribution in [0.15, 0.2) is 48.5 Å². The number of carbonyl (C=O) groups excluding carboxylic acids is 1. The number of nitro benzene ring substituents is 1. The minimum atomic E-state index is -0.565. The molecule has 0 heterocycles. The molecule has 24 heavy (non-hydrogen) atoms. The van der Waals surface area contributed by atoms with Gasteiger partial charge in [0.05, 0.1) is 4.92 Å². The minimum absolute atomic E-state index is 0.00426. The van der Waals surface area contributed by atoms with Gasteiger partial charge in [-0.2, -0.15) is 0 Å². The van der Waals surface area contributed by atoms with Crippen molar-refractivity contribution in [1.82, 2.24) is 0 Å². The molecule has 0 saturated heterocycles. The third-order valence-electron chi connectivity index (χ3n) is 3.86. The van der Waals surface area contributed by atoms with E-state index < -0.39 is 11.0 Å². The summed E-state index contributed by atoms with van der Waals surface area (Å²) in [6.45, 7) is 4.34. The summed E-state index contributed by atoms with van der Waals surface area (Å²) < 4.78 is 5.11. The van der Waals surface area contributed by atoms with Gasteiger partial charge in [0.15, 0.2) is 0 Å². The van der Waals surface area contributed by atoms with E-state index in [1.165, 1.54) is 17.7 Å². The first-order chi connectivity index (χ1) is 11.5. The Balaban J connectivity index is 1.85. The molecule has 0 radical (unpaired) electrons. The summed E-state index contributed by atoms with van der Waals surface area (Å²) in [4.78, 5) is 21.9. The Morgan fingerprint density at radius 2 is 1.79 bits per heavy atom. The molecular formula is C18H20N2O4. The molecule has 126 valence electrons. The highest BCUT2D eigenvalue weighted by Crippen LogP contribution is 2.20. The summed E-state index contributed by atoms with van der Waals surface area (Å²) in [7, 11) is 0. The summed E-state index contributed by atoms with van der Waals surface area (Å²) in [5, 5.41) is 13.2. The van der Waals surface area contributed by atoms with Crippen molar-refractivity contribution in [1.29, 1.82) is 0 Å². The van der Waals surface area contributed by atoms with Gasteiger partial charge < -0.3 is 4.74 Å². The molecule has 2 aromatic carbocycles. The molecule has 0 aromatic heterocycles. The quantitative estimate of drug-likeness (QED) is 0.606. The van der Waals surface area contributed by atoms with Crippen molar-refractivity contribution in [3.05, 3.63) is 69.8 Å². The molecule has 6 nitrogen and oxygen atoms in total. The van der Waals surface area contributed by atoms with Gasteiger partial charge in [0, 0.05) is 17.8 Å². The van der Waals surface area contributed by atoms with Crippen LogP contribution in [0, 0.1) is 10.1 Å². The van der Waals surface area contributed by atoms with Gasteiger partial charge in [-0.25, -0.2) is 4.79 Å². The number of hydrogen-bond acceptors (Lipinski definition) is 4. The van der Waals surface area contributed by atoms with E-state index in [9.17, 15) is 14.9 Å². The van der Waals surface area contributed by atoms with Crippen LogP contribution in [-0.4, -0.2) is 11.0 Å². The fourth-order valence-corrected chi connectivity index (χ4v) is 2.15. The molecule has 1 amide bonds. The van der Waals surface area contributed by atoms with Crippen molar-refractivity contribution in [3.63, 3.8) is 0 Å². The molecule has 0 aliphatic carbocycles. The number of amides is 1. The highest BCUT2D eigenvalue weighted by atomic mass is 16.6. The Bertz CT molecular complexity index is 696. The van der Waals surface area contributed by atoms with E-state index in [1.807, 2.05) is 24.3 Å². The predicted octanol–water partition coefficient (Wildman–Crippen LogP) is 4.86. The zero-order chi connectivity index (χ0) is 17.5. The van der Waals surface area contributed by atoms with Gasteiger partial charge in [-0.1, -0.05) is 26.0 Å². The molecule has 6 heteroatoms. The van der Waals surface area contributed by atoms with E-state index in [0.717, 1.165) is 6.42 Å². The topological polar surface area (TPSA) is 81.5 Å². The number of benzene rings is 2. The van der Waals surface area contributed by atoms with E-state index in [1.54, 1.807) is 12.1 Å². The lowest BCUT2D eigenvalue weighted by Crippen LogP contribution is -2.13. The summed E-state index contributed by atoms with van der Waals surface area (Å²) in [6, 6.07) is 13.5. The third kappa shape index (κ3) is 4.81. The molecule has 1 N–H and O–H groups in total. The van der Waals surface area contributed by atoms with E-state index in [2.05, 4.69) is 19.2 Å². The monoisotopic (exact) mass is 328 g/mol. The molecule has 0 saturated carbocycles. The summed E-state index contributed by atoms with van der Waals surface area (Å²) in [5.74, 6) is 0.480. The average Bonchev–Trinajstić information content (AvgIpc) is 2.60. The predicted molar refractivity (Wildman–Crippen MR) is 92.1 cm³/mol. The highest BCUT2D eigenvalue weighted by Gasteiger charge is 2.08. The van der Waals surface area contributed by atoms with E-state index in [0.29, 0.717) is 17.2 Å². The Morgan fingerprint density at radius 3 is 2.33 bits per heavy atom. The Kier molecular flexibility index (Phi) is 5.89. The standard InChI is InChI=1S/C18H20N2O4/c1-3-13(2)15-6-8-16(9-7-15)19-18(21)24-12-14-4-10-17(11-5-14)20(22)23/h4-11,13H,3,12H2,1-2H3,(H,19,21). The second-order valence-electron chi connectivity index (χ2n) is 5.56. The first-order valence-electron chi connectivity index (χ1n) is 7.76. The molecule has 1 unspecified atom stereocenters. The maximum atomic E-state index is 11.8. The lowest BCUT2D eigenvalue weighted by molar-refractivity contribution is -0.384. The van der Waals surface area contributed by atoms with Crippen molar-refractivity contribution >= 4 is 17.5 Å². The van der Waals surface area contributed by atoms with Crippen LogP contribution in [0.2, 0.25) is 0 Å². The first-order valence-corrected chi connectivity index (χ1v) is 7.76. The fourth-order valence-electron chi connectivity index (χ4n) is 2.15. The highest BCUT2D eigenvalue weighted by molar-refractivity contribution is 5.84. The number of hydrogen-bond donors (Lipinski definition) is 1. The number of rotatable bonds is 6. The molecule has 0 spiro atoms. The van der Waals surface area contributed by atoms with Crippen molar-refractivity contribution in [2.45, 2.75) is 32.8 Å². The number of anilines is 1. The molecule has 0 bridgehead atoms. The molecule has 0 fully saturated rings. The molecule has 2 aromatic rings. The lowest BCUT2D eigenvalue weighted by atomic mass is 9.99. The zero-order valence-electron chi connectivity index (χ0n) is 13.7. The normalized spacial score (nSPS) is 11.6. The van der Waals surface area contributed by atoms with Crippen LogP contribution in [0.5, 0.6) is 0 Å². The van der Waals surface area contributed by atoms with Crippen molar-refractivity contribution in [3.8, 4) is 0 Å². The van der Waals surface area contributed by atoms with Crippen molar-refractivity contribution < 1.29 is 14.5 Å². The Morgan fingerprint density at radius 1 is 1.17 bits per heavy atom. The summed E-state index contributed by atoms with van der Waals surface area (Å²) >= 11 is 0. The van der Waals surface area contributed by atoms with Crippen LogP contribution >= 0.6 is 0 Å². The van der Waals surface area contributed by atoms with Crippen LogP contribution in [0.25, 0.3) is 0 Å². The van der Waals surface area contributed by atoms with Gasteiger partial charge in [0.1, 0.15) is 6.61 Å². The number of non-ortho nitro benzene ring substituents is 1.